The predicted molar refractivity (Wildman–Crippen MR) is 87.0 cm³/mol. The summed E-state index contributed by atoms with van der Waals surface area (Å²) >= 11 is 1.32. The average molecular weight is 334 g/mol. The van der Waals surface area contributed by atoms with Gasteiger partial charge in [-0.3, -0.25) is 9.69 Å². The molecule has 0 bridgehead atoms. The minimum absolute atomic E-state index is 0.249. The van der Waals surface area contributed by atoms with E-state index in [1.165, 1.54) is 11.3 Å². The molecule has 1 saturated heterocycles. The van der Waals surface area contributed by atoms with E-state index in [4.69, 9.17) is 9.47 Å². The van der Waals surface area contributed by atoms with Crippen LogP contribution in [-0.2, 0) is 11.3 Å². The van der Waals surface area contributed by atoms with Crippen molar-refractivity contribution in [2.24, 2.45) is 0 Å². The van der Waals surface area contributed by atoms with Gasteiger partial charge in [-0.15, -0.1) is 10.2 Å². The van der Waals surface area contributed by atoms with Gasteiger partial charge in [-0.25, -0.2) is 0 Å². The molecule has 122 valence electrons. The SMILES string of the molecule is COc1ccc(NC(=O)c2nnc(CN3CCOCC3)s2)cc1. The van der Waals surface area contributed by atoms with E-state index in [1.807, 2.05) is 0 Å². The van der Waals surface area contributed by atoms with Gasteiger partial charge in [-0.1, -0.05) is 11.3 Å². The lowest BCUT2D eigenvalue weighted by atomic mass is 10.3. The maximum Gasteiger partial charge on any atom is 0.286 e. The minimum Gasteiger partial charge on any atom is -0.497 e. The molecule has 1 aromatic carbocycles. The van der Waals surface area contributed by atoms with Crippen LogP contribution in [0.3, 0.4) is 0 Å². The number of methoxy groups -OCH3 is 1. The van der Waals surface area contributed by atoms with Crippen molar-refractivity contribution in [3.8, 4) is 5.75 Å². The van der Waals surface area contributed by atoms with E-state index >= 15 is 0 Å². The Labute approximate surface area is 138 Å². The fourth-order valence-electron chi connectivity index (χ4n) is 2.22. The first-order chi connectivity index (χ1) is 11.2. The predicted octanol–water partition coefficient (Wildman–Crippen LogP) is 1.63. The van der Waals surface area contributed by atoms with Crippen LogP contribution in [0.2, 0.25) is 0 Å². The first-order valence-corrected chi connectivity index (χ1v) is 8.14. The second kappa shape index (κ2) is 7.49. The fourth-order valence-corrected chi connectivity index (χ4v) is 3.00. The number of hydrogen-bond donors (Lipinski definition) is 1. The zero-order valence-electron chi connectivity index (χ0n) is 12.8. The van der Waals surface area contributed by atoms with Crippen LogP contribution in [0.5, 0.6) is 5.75 Å². The van der Waals surface area contributed by atoms with Gasteiger partial charge in [-0.05, 0) is 24.3 Å². The molecule has 0 atom stereocenters. The maximum atomic E-state index is 12.2. The van der Waals surface area contributed by atoms with Gasteiger partial charge in [0.1, 0.15) is 10.8 Å². The van der Waals surface area contributed by atoms with Gasteiger partial charge in [0, 0.05) is 18.8 Å². The molecule has 1 aliphatic rings. The highest BCUT2D eigenvalue weighted by atomic mass is 32.1. The second-order valence-corrected chi connectivity index (χ2v) is 6.13. The smallest absolute Gasteiger partial charge is 0.286 e. The molecule has 8 heteroatoms. The van der Waals surface area contributed by atoms with Gasteiger partial charge < -0.3 is 14.8 Å². The Kier molecular flexibility index (Phi) is 5.16. The zero-order chi connectivity index (χ0) is 16.1. The van der Waals surface area contributed by atoms with Crippen molar-refractivity contribution in [2.75, 3.05) is 38.7 Å². The third-order valence-corrected chi connectivity index (χ3v) is 4.38. The van der Waals surface area contributed by atoms with Crippen LogP contribution in [0.15, 0.2) is 24.3 Å². The maximum absolute atomic E-state index is 12.2. The normalized spacial score (nSPS) is 15.3. The Morgan fingerprint density at radius 1 is 1.30 bits per heavy atom. The van der Waals surface area contributed by atoms with Crippen molar-refractivity contribution >= 4 is 22.9 Å². The molecule has 1 amide bonds. The van der Waals surface area contributed by atoms with Crippen molar-refractivity contribution in [1.82, 2.24) is 15.1 Å². The Hall–Kier alpha value is -2.03. The van der Waals surface area contributed by atoms with Crippen LogP contribution in [0.4, 0.5) is 5.69 Å². The van der Waals surface area contributed by atoms with Gasteiger partial charge in [-0.2, -0.15) is 0 Å². The first-order valence-electron chi connectivity index (χ1n) is 7.32. The first kappa shape index (κ1) is 15.9. The number of nitrogens with one attached hydrogen (secondary N) is 1. The number of benzene rings is 1. The van der Waals surface area contributed by atoms with E-state index in [-0.39, 0.29) is 5.91 Å². The van der Waals surface area contributed by atoms with Crippen LogP contribution >= 0.6 is 11.3 Å². The third-order valence-electron chi connectivity index (χ3n) is 3.47. The lowest BCUT2D eigenvalue weighted by molar-refractivity contribution is 0.0341. The average Bonchev–Trinajstić information content (AvgIpc) is 3.05. The monoisotopic (exact) mass is 334 g/mol. The Morgan fingerprint density at radius 2 is 2.04 bits per heavy atom. The number of hydrogen-bond acceptors (Lipinski definition) is 7. The summed E-state index contributed by atoms with van der Waals surface area (Å²) < 4.78 is 10.4. The van der Waals surface area contributed by atoms with Crippen LogP contribution < -0.4 is 10.1 Å². The summed E-state index contributed by atoms with van der Waals surface area (Å²) in [5, 5.41) is 12.1. The van der Waals surface area contributed by atoms with E-state index in [0.29, 0.717) is 17.2 Å². The van der Waals surface area contributed by atoms with Crippen LogP contribution in [0.1, 0.15) is 14.8 Å². The topological polar surface area (TPSA) is 76.6 Å². The van der Waals surface area contributed by atoms with Crippen molar-refractivity contribution < 1.29 is 14.3 Å². The number of aromatic nitrogens is 2. The summed E-state index contributed by atoms with van der Waals surface area (Å²) in [7, 11) is 1.60. The number of ether oxygens (including phenoxy) is 2. The van der Waals surface area contributed by atoms with E-state index in [1.54, 1.807) is 31.4 Å². The van der Waals surface area contributed by atoms with Crippen LogP contribution in [0.25, 0.3) is 0 Å². The van der Waals surface area contributed by atoms with Crippen molar-refractivity contribution in [3.63, 3.8) is 0 Å². The van der Waals surface area contributed by atoms with Gasteiger partial charge in [0.25, 0.3) is 5.91 Å². The third kappa shape index (κ3) is 4.25. The summed E-state index contributed by atoms with van der Waals surface area (Å²) in [5.74, 6) is 0.493. The number of amides is 1. The van der Waals surface area contributed by atoms with E-state index in [2.05, 4.69) is 20.4 Å². The molecule has 2 aromatic rings. The van der Waals surface area contributed by atoms with Gasteiger partial charge >= 0.3 is 0 Å². The molecule has 2 heterocycles. The number of anilines is 1. The highest BCUT2D eigenvalue weighted by molar-refractivity contribution is 7.13. The molecule has 7 nitrogen and oxygen atoms in total. The lowest BCUT2D eigenvalue weighted by Gasteiger charge is -2.25. The molecule has 0 unspecified atom stereocenters. The standard InChI is InChI=1S/C15H18N4O3S/c1-21-12-4-2-11(3-5-12)16-14(20)15-18-17-13(23-15)10-19-6-8-22-9-7-19/h2-5H,6-10H2,1H3,(H,16,20). The molecule has 1 N–H and O–H groups in total. The Morgan fingerprint density at radius 3 is 2.74 bits per heavy atom. The number of carbonyl (C=O) groups excluding carboxylic acids is 1. The molecule has 1 fully saturated rings. The van der Waals surface area contributed by atoms with Gasteiger partial charge in [0.05, 0.1) is 26.9 Å². The van der Waals surface area contributed by atoms with Crippen molar-refractivity contribution in [2.45, 2.75) is 6.54 Å². The van der Waals surface area contributed by atoms with Crippen LogP contribution in [-0.4, -0.2) is 54.4 Å². The molecular formula is C15H18N4O3S. The molecule has 0 radical (unpaired) electrons. The molecular weight excluding hydrogens is 316 g/mol. The quantitative estimate of drug-likeness (QED) is 0.896. The van der Waals surface area contributed by atoms with E-state index < -0.39 is 0 Å². The summed E-state index contributed by atoms with van der Waals surface area (Å²) in [6.07, 6.45) is 0. The molecule has 0 spiro atoms. The summed E-state index contributed by atoms with van der Waals surface area (Å²) in [6, 6.07) is 7.15. The van der Waals surface area contributed by atoms with Crippen molar-refractivity contribution in [3.05, 3.63) is 34.3 Å². The number of rotatable bonds is 5. The number of nitrogens with zero attached hydrogens (tertiary/aromatic N) is 3. The summed E-state index contributed by atoms with van der Waals surface area (Å²) in [5.41, 5.74) is 0.695. The highest BCUT2D eigenvalue weighted by Crippen LogP contribution is 2.18. The second-order valence-electron chi connectivity index (χ2n) is 5.07. The highest BCUT2D eigenvalue weighted by Gasteiger charge is 2.16. The van der Waals surface area contributed by atoms with Crippen molar-refractivity contribution in [1.29, 1.82) is 0 Å². The molecule has 1 aromatic heterocycles. The van der Waals surface area contributed by atoms with E-state index in [0.717, 1.165) is 37.1 Å². The Balaban J connectivity index is 1.58. The van der Waals surface area contributed by atoms with Gasteiger partial charge in [0.2, 0.25) is 5.01 Å². The Bertz CT molecular complexity index is 653. The molecule has 0 aliphatic carbocycles. The van der Waals surface area contributed by atoms with Gasteiger partial charge in [0.15, 0.2) is 0 Å². The fraction of sp³-hybridized carbons (Fsp3) is 0.400. The van der Waals surface area contributed by atoms with Crippen LogP contribution in [0, 0.1) is 0 Å². The number of morpholine rings is 1. The molecule has 0 saturated carbocycles. The van der Waals surface area contributed by atoms with E-state index in [9.17, 15) is 4.79 Å². The molecule has 23 heavy (non-hydrogen) atoms. The summed E-state index contributed by atoms with van der Waals surface area (Å²) in [6.45, 7) is 3.95. The minimum atomic E-state index is -0.249. The lowest BCUT2D eigenvalue weighted by Crippen LogP contribution is -2.35. The largest absolute Gasteiger partial charge is 0.497 e. The number of carbonyl (C=O) groups is 1. The molecule has 3 rings (SSSR count). The zero-order valence-corrected chi connectivity index (χ0v) is 13.6. The molecule has 1 aliphatic heterocycles. The summed E-state index contributed by atoms with van der Waals surface area (Å²) in [4.78, 5) is 14.5.